The number of aromatic amines is 1. The van der Waals surface area contributed by atoms with Crippen LogP contribution < -0.4 is 5.43 Å². The molecule has 0 atom stereocenters. The zero-order chi connectivity index (χ0) is 17.6. The predicted molar refractivity (Wildman–Crippen MR) is 92.2 cm³/mol. The van der Waals surface area contributed by atoms with Crippen LogP contribution in [0.3, 0.4) is 0 Å². The number of hydrogen-bond acceptors (Lipinski definition) is 5. The van der Waals surface area contributed by atoms with Gasteiger partial charge in [-0.05, 0) is 11.6 Å². The number of hydrogen-bond donors (Lipinski definition) is 2. The van der Waals surface area contributed by atoms with Crippen molar-refractivity contribution in [1.82, 2.24) is 15.6 Å². The van der Waals surface area contributed by atoms with Gasteiger partial charge in [0.2, 0.25) is 0 Å². The highest BCUT2D eigenvalue weighted by Gasteiger charge is 2.13. The highest BCUT2D eigenvalue weighted by atomic mass is 16.6. The number of nitro benzene ring substituents is 1. The Labute approximate surface area is 142 Å². The molecule has 2 N–H and O–H groups in total. The number of amides is 1. The van der Waals surface area contributed by atoms with Crippen LogP contribution in [0.2, 0.25) is 0 Å². The molecule has 25 heavy (non-hydrogen) atoms. The van der Waals surface area contributed by atoms with Crippen LogP contribution in [0.25, 0.3) is 11.3 Å². The molecule has 0 spiro atoms. The van der Waals surface area contributed by atoms with Crippen molar-refractivity contribution in [2.24, 2.45) is 5.10 Å². The summed E-state index contributed by atoms with van der Waals surface area (Å²) >= 11 is 0. The van der Waals surface area contributed by atoms with E-state index in [-0.39, 0.29) is 11.4 Å². The van der Waals surface area contributed by atoms with E-state index in [1.54, 1.807) is 12.1 Å². The zero-order valence-electron chi connectivity index (χ0n) is 12.9. The summed E-state index contributed by atoms with van der Waals surface area (Å²) in [6.45, 7) is 0. The van der Waals surface area contributed by atoms with Crippen LogP contribution in [0.4, 0.5) is 5.69 Å². The van der Waals surface area contributed by atoms with Crippen LogP contribution in [0.1, 0.15) is 16.1 Å². The lowest BCUT2D eigenvalue weighted by atomic mass is 10.1. The summed E-state index contributed by atoms with van der Waals surface area (Å²) in [5.41, 5.74) is 4.37. The number of nitro groups is 1. The molecule has 0 bridgehead atoms. The van der Waals surface area contributed by atoms with Crippen LogP contribution in [0, 0.1) is 10.1 Å². The first-order chi connectivity index (χ1) is 12.1. The van der Waals surface area contributed by atoms with Crippen LogP contribution in [-0.4, -0.2) is 27.2 Å². The van der Waals surface area contributed by atoms with Gasteiger partial charge in [-0.25, -0.2) is 5.43 Å². The Kier molecular flexibility index (Phi) is 4.61. The van der Waals surface area contributed by atoms with Crippen LogP contribution in [-0.2, 0) is 0 Å². The first-order valence-electron chi connectivity index (χ1n) is 7.32. The third-order valence-electron chi connectivity index (χ3n) is 3.35. The van der Waals surface area contributed by atoms with Crippen molar-refractivity contribution in [3.8, 4) is 11.3 Å². The van der Waals surface area contributed by atoms with Crippen molar-refractivity contribution >= 4 is 17.8 Å². The molecule has 0 fully saturated rings. The monoisotopic (exact) mass is 335 g/mol. The molecule has 0 saturated heterocycles. The molecular formula is C17H13N5O3. The van der Waals surface area contributed by atoms with Gasteiger partial charge in [0.15, 0.2) is 0 Å². The zero-order valence-corrected chi connectivity index (χ0v) is 12.9. The first-order valence-corrected chi connectivity index (χ1v) is 7.32. The minimum Gasteiger partial charge on any atom is -0.272 e. The Morgan fingerprint density at radius 1 is 1.16 bits per heavy atom. The second kappa shape index (κ2) is 7.18. The summed E-state index contributed by atoms with van der Waals surface area (Å²) in [5, 5.41) is 21.3. The largest absolute Gasteiger partial charge is 0.289 e. The molecule has 3 aromatic rings. The average Bonchev–Trinajstić information content (AvgIpc) is 3.13. The van der Waals surface area contributed by atoms with Gasteiger partial charge >= 0.3 is 0 Å². The van der Waals surface area contributed by atoms with Gasteiger partial charge in [-0.1, -0.05) is 42.5 Å². The summed E-state index contributed by atoms with van der Waals surface area (Å²) in [4.78, 5) is 22.4. The van der Waals surface area contributed by atoms with E-state index < -0.39 is 10.8 Å². The van der Waals surface area contributed by atoms with Crippen molar-refractivity contribution in [1.29, 1.82) is 0 Å². The van der Waals surface area contributed by atoms with Crippen molar-refractivity contribution in [2.75, 3.05) is 0 Å². The van der Waals surface area contributed by atoms with E-state index >= 15 is 0 Å². The molecule has 0 saturated carbocycles. The van der Waals surface area contributed by atoms with E-state index in [9.17, 15) is 14.9 Å². The molecule has 124 valence electrons. The van der Waals surface area contributed by atoms with Crippen molar-refractivity contribution < 1.29 is 9.72 Å². The second-order valence-corrected chi connectivity index (χ2v) is 5.08. The van der Waals surface area contributed by atoms with Gasteiger partial charge in [-0.15, -0.1) is 0 Å². The topological polar surface area (TPSA) is 113 Å². The molecule has 1 amide bonds. The Balaban J connectivity index is 1.70. The Hall–Kier alpha value is -3.81. The first kappa shape index (κ1) is 16.1. The fraction of sp³-hybridized carbons (Fsp3) is 0. The van der Waals surface area contributed by atoms with Gasteiger partial charge in [0.25, 0.3) is 11.6 Å². The number of nitrogens with one attached hydrogen (secondary N) is 2. The molecule has 2 aromatic carbocycles. The molecule has 3 rings (SSSR count). The summed E-state index contributed by atoms with van der Waals surface area (Å²) in [5.74, 6) is -0.462. The third-order valence-corrected chi connectivity index (χ3v) is 3.35. The lowest BCUT2D eigenvalue weighted by molar-refractivity contribution is -0.384. The SMILES string of the molecule is O=C(NN=Cc1ccccc1)c1cc(-c2cccc([N+](=O)[O-])c2)n[nH]1. The third kappa shape index (κ3) is 3.94. The summed E-state index contributed by atoms with van der Waals surface area (Å²) in [6.07, 6.45) is 1.52. The molecular weight excluding hydrogens is 322 g/mol. The van der Waals surface area contributed by atoms with Gasteiger partial charge in [-0.2, -0.15) is 10.2 Å². The molecule has 0 aliphatic rings. The summed E-state index contributed by atoms with van der Waals surface area (Å²) in [6, 6.07) is 16.9. The average molecular weight is 335 g/mol. The molecule has 0 aliphatic carbocycles. The van der Waals surface area contributed by atoms with E-state index in [1.807, 2.05) is 30.3 Å². The molecule has 8 heteroatoms. The van der Waals surface area contributed by atoms with Gasteiger partial charge in [-0.3, -0.25) is 20.0 Å². The number of carbonyl (C=O) groups is 1. The molecule has 0 radical (unpaired) electrons. The van der Waals surface area contributed by atoms with Gasteiger partial charge in [0.1, 0.15) is 5.69 Å². The fourth-order valence-electron chi connectivity index (χ4n) is 2.13. The minimum atomic E-state index is -0.484. The summed E-state index contributed by atoms with van der Waals surface area (Å²) in [7, 11) is 0. The van der Waals surface area contributed by atoms with Crippen LogP contribution in [0.15, 0.2) is 65.8 Å². The van der Waals surface area contributed by atoms with Crippen LogP contribution in [0.5, 0.6) is 0 Å². The van der Waals surface area contributed by atoms with Crippen molar-refractivity contribution in [2.45, 2.75) is 0 Å². The molecule has 0 aliphatic heterocycles. The van der Waals surface area contributed by atoms with Crippen LogP contribution >= 0.6 is 0 Å². The number of carbonyl (C=O) groups excluding carboxylic acids is 1. The maximum atomic E-state index is 12.1. The van der Waals surface area contributed by atoms with E-state index in [2.05, 4.69) is 20.7 Å². The van der Waals surface area contributed by atoms with E-state index in [4.69, 9.17) is 0 Å². The Bertz CT molecular complexity index is 934. The quantitative estimate of drug-likeness (QED) is 0.424. The predicted octanol–water partition coefficient (Wildman–Crippen LogP) is 2.75. The van der Waals surface area contributed by atoms with Crippen molar-refractivity contribution in [3.63, 3.8) is 0 Å². The number of non-ortho nitro benzene ring substituents is 1. The molecule has 0 unspecified atom stereocenters. The highest BCUT2D eigenvalue weighted by molar-refractivity contribution is 5.94. The molecule has 1 heterocycles. The Morgan fingerprint density at radius 3 is 2.72 bits per heavy atom. The number of hydrazone groups is 1. The Morgan fingerprint density at radius 2 is 1.96 bits per heavy atom. The highest BCUT2D eigenvalue weighted by Crippen LogP contribution is 2.22. The maximum Gasteiger partial charge on any atom is 0.289 e. The minimum absolute atomic E-state index is 0.0426. The summed E-state index contributed by atoms with van der Waals surface area (Å²) < 4.78 is 0. The molecule has 1 aromatic heterocycles. The number of rotatable bonds is 5. The normalized spacial score (nSPS) is 10.7. The van der Waals surface area contributed by atoms with E-state index in [0.29, 0.717) is 11.3 Å². The maximum absolute atomic E-state index is 12.1. The lowest BCUT2D eigenvalue weighted by Gasteiger charge is -1.96. The van der Waals surface area contributed by atoms with E-state index in [1.165, 1.54) is 24.4 Å². The lowest BCUT2D eigenvalue weighted by Crippen LogP contribution is -2.17. The van der Waals surface area contributed by atoms with Crippen molar-refractivity contribution in [3.05, 3.63) is 82.0 Å². The van der Waals surface area contributed by atoms with E-state index in [0.717, 1.165) is 5.56 Å². The number of aromatic nitrogens is 2. The number of nitrogens with zero attached hydrogens (tertiary/aromatic N) is 3. The number of H-pyrrole nitrogens is 1. The standard InChI is InChI=1S/C17H13N5O3/c23-17(21-18-11-12-5-2-1-3-6-12)16-10-15(19-20-16)13-7-4-8-14(9-13)22(24)25/h1-11H,(H,19,20)(H,21,23). The second-order valence-electron chi connectivity index (χ2n) is 5.08. The van der Waals surface area contributed by atoms with Gasteiger partial charge in [0, 0.05) is 17.7 Å². The molecule has 8 nitrogen and oxygen atoms in total. The van der Waals surface area contributed by atoms with Gasteiger partial charge < -0.3 is 0 Å². The number of benzene rings is 2. The fourth-order valence-corrected chi connectivity index (χ4v) is 2.13. The van der Waals surface area contributed by atoms with Gasteiger partial charge in [0.05, 0.1) is 16.8 Å². The smallest absolute Gasteiger partial charge is 0.272 e.